The molecule has 0 saturated carbocycles. The number of hydrogen-bond acceptors (Lipinski definition) is 5. The molecule has 2 heterocycles. The van der Waals surface area contributed by atoms with E-state index in [0.717, 1.165) is 6.07 Å². The number of ketones is 1. The molecule has 0 spiro atoms. The second kappa shape index (κ2) is 10.0. The van der Waals surface area contributed by atoms with Gasteiger partial charge in [0, 0.05) is 48.1 Å². The minimum Gasteiger partial charge on any atom is -0.471 e. The van der Waals surface area contributed by atoms with Crippen molar-refractivity contribution in [2.24, 2.45) is 5.92 Å². The molecule has 0 radical (unpaired) electrons. The lowest BCUT2D eigenvalue weighted by Crippen LogP contribution is -2.41. The summed E-state index contributed by atoms with van der Waals surface area (Å²) in [6.45, 7) is 3.39. The van der Waals surface area contributed by atoms with Crippen LogP contribution < -0.4 is 10.1 Å². The molecule has 0 aromatic carbocycles. The van der Waals surface area contributed by atoms with Crippen LogP contribution in [-0.4, -0.2) is 40.4 Å². The molecule has 0 atom stereocenters. The molecular formula is C21H22F5N3O3. The zero-order chi connectivity index (χ0) is 24.1. The van der Waals surface area contributed by atoms with Crippen LogP contribution in [0.3, 0.4) is 0 Å². The number of nitrogens with zero attached hydrogens (tertiary/aromatic N) is 2. The van der Waals surface area contributed by atoms with E-state index in [1.54, 1.807) is 26.8 Å². The maximum Gasteiger partial charge on any atom is 0.456 e. The van der Waals surface area contributed by atoms with Gasteiger partial charge >= 0.3 is 12.1 Å². The van der Waals surface area contributed by atoms with Gasteiger partial charge in [0.05, 0.1) is 0 Å². The summed E-state index contributed by atoms with van der Waals surface area (Å²) in [5.74, 6) is -6.00. The third-order valence-corrected chi connectivity index (χ3v) is 4.33. The lowest BCUT2D eigenvalue weighted by molar-refractivity contribution is -0.290. The minimum atomic E-state index is -5.72. The van der Waals surface area contributed by atoms with Crippen molar-refractivity contribution in [3.05, 3.63) is 53.0 Å². The summed E-state index contributed by atoms with van der Waals surface area (Å²) in [5.41, 5.74) is 1.83. The van der Waals surface area contributed by atoms with Crippen molar-refractivity contribution in [2.75, 3.05) is 6.61 Å². The molecule has 174 valence electrons. The molecule has 2 rings (SSSR count). The van der Waals surface area contributed by atoms with E-state index in [9.17, 15) is 31.5 Å². The molecule has 0 aliphatic carbocycles. The molecule has 11 heteroatoms. The van der Waals surface area contributed by atoms with Gasteiger partial charge in [0.25, 0.3) is 5.91 Å². The van der Waals surface area contributed by atoms with Crippen LogP contribution in [0.15, 0.2) is 30.5 Å². The fourth-order valence-corrected chi connectivity index (χ4v) is 2.47. The summed E-state index contributed by atoms with van der Waals surface area (Å²) in [6.07, 6.45) is -4.42. The SMILES string of the molecule is Cc1cc(C(=O)NCc2ccc(OCC(F)(F)C(F)(F)F)nc2)cc(CC(=O)C(C)C)n1. The zero-order valence-electron chi connectivity index (χ0n) is 17.6. The van der Waals surface area contributed by atoms with Gasteiger partial charge in [0.2, 0.25) is 5.88 Å². The number of nitrogens with one attached hydrogen (secondary N) is 1. The van der Waals surface area contributed by atoms with E-state index in [1.165, 1.54) is 18.3 Å². The van der Waals surface area contributed by atoms with Crippen LogP contribution in [0.5, 0.6) is 5.88 Å². The summed E-state index contributed by atoms with van der Waals surface area (Å²) in [7, 11) is 0. The van der Waals surface area contributed by atoms with Crippen molar-refractivity contribution in [3.8, 4) is 5.88 Å². The third kappa shape index (κ3) is 6.96. The van der Waals surface area contributed by atoms with Gasteiger partial charge in [-0.05, 0) is 24.6 Å². The van der Waals surface area contributed by atoms with Crippen LogP contribution in [0, 0.1) is 12.8 Å². The lowest BCUT2D eigenvalue weighted by Gasteiger charge is -2.19. The number of halogens is 5. The maximum absolute atomic E-state index is 12.9. The third-order valence-electron chi connectivity index (χ3n) is 4.33. The highest BCUT2D eigenvalue weighted by Gasteiger charge is 2.58. The van der Waals surface area contributed by atoms with Crippen LogP contribution in [0.1, 0.15) is 41.2 Å². The fourth-order valence-electron chi connectivity index (χ4n) is 2.47. The first kappa shape index (κ1) is 25.2. The Kier molecular flexibility index (Phi) is 7.87. The molecule has 6 nitrogen and oxygen atoms in total. The topological polar surface area (TPSA) is 81.2 Å². The first-order valence-corrected chi connectivity index (χ1v) is 9.59. The van der Waals surface area contributed by atoms with Gasteiger partial charge in [-0.15, -0.1) is 0 Å². The van der Waals surface area contributed by atoms with Gasteiger partial charge in [0.15, 0.2) is 6.61 Å². The molecule has 2 aromatic heterocycles. The molecule has 0 saturated heterocycles. The van der Waals surface area contributed by atoms with E-state index in [2.05, 4.69) is 20.0 Å². The molecule has 0 bridgehead atoms. The zero-order valence-corrected chi connectivity index (χ0v) is 17.6. The Bertz CT molecular complexity index is 960. The quantitative estimate of drug-likeness (QED) is 0.572. The molecule has 0 aliphatic heterocycles. The van der Waals surface area contributed by atoms with Gasteiger partial charge in [-0.3, -0.25) is 14.6 Å². The second-order valence-electron chi connectivity index (χ2n) is 7.46. The number of ether oxygens (including phenoxy) is 1. The summed E-state index contributed by atoms with van der Waals surface area (Å²) in [5, 5.41) is 2.64. The molecule has 0 unspecified atom stereocenters. The van der Waals surface area contributed by atoms with Gasteiger partial charge in [0.1, 0.15) is 5.78 Å². The summed E-state index contributed by atoms with van der Waals surface area (Å²) in [4.78, 5) is 32.3. The maximum atomic E-state index is 12.9. The number of rotatable bonds is 9. The number of alkyl halides is 5. The smallest absolute Gasteiger partial charge is 0.456 e. The van der Waals surface area contributed by atoms with E-state index in [0.29, 0.717) is 22.5 Å². The van der Waals surface area contributed by atoms with E-state index in [4.69, 9.17) is 0 Å². The number of aromatic nitrogens is 2. The molecule has 32 heavy (non-hydrogen) atoms. The van der Waals surface area contributed by atoms with Crippen LogP contribution in [-0.2, 0) is 17.8 Å². The van der Waals surface area contributed by atoms with E-state index in [1.807, 2.05) is 0 Å². The highest BCUT2D eigenvalue weighted by molar-refractivity contribution is 5.94. The second-order valence-corrected chi connectivity index (χ2v) is 7.46. The summed E-state index contributed by atoms with van der Waals surface area (Å²) in [6, 6.07) is 5.59. The van der Waals surface area contributed by atoms with Crippen LogP contribution in [0.4, 0.5) is 22.0 Å². The number of carbonyl (C=O) groups excluding carboxylic acids is 2. The Labute approximate surface area is 181 Å². The van der Waals surface area contributed by atoms with Gasteiger partial charge < -0.3 is 10.1 Å². The normalized spacial score (nSPS) is 12.0. The number of hydrogen-bond donors (Lipinski definition) is 1. The Morgan fingerprint density at radius 2 is 1.81 bits per heavy atom. The average Bonchev–Trinajstić information content (AvgIpc) is 2.69. The van der Waals surface area contributed by atoms with Gasteiger partial charge in [-0.2, -0.15) is 22.0 Å². The summed E-state index contributed by atoms with van der Waals surface area (Å²) < 4.78 is 66.6. The predicted octanol–water partition coefficient (Wildman–Crippen LogP) is 4.06. The highest BCUT2D eigenvalue weighted by atomic mass is 19.4. The van der Waals surface area contributed by atoms with E-state index >= 15 is 0 Å². The van der Waals surface area contributed by atoms with Crippen molar-refractivity contribution in [1.82, 2.24) is 15.3 Å². The lowest BCUT2D eigenvalue weighted by atomic mass is 10.0. The van der Waals surface area contributed by atoms with Gasteiger partial charge in [-0.1, -0.05) is 19.9 Å². The van der Waals surface area contributed by atoms with Crippen molar-refractivity contribution in [1.29, 1.82) is 0 Å². The van der Waals surface area contributed by atoms with Crippen LogP contribution >= 0.6 is 0 Å². The van der Waals surface area contributed by atoms with Crippen LogP contribution in [0.25, 0.3) is 0 Å². The number of aryl methyl sites for hydroxylation is 1. The van der Waals surface area contributed by atoms with E-state index < -0.39 is 30.5 Å². The molecule has 2 aromatic rings. The molecule has 0 aliphatic rings. The predicted molar refractivity (Wildman–Crippen MR) is 104 cm³/mol. The fraction of sp³-hybridized carbons (Fsp3) is 0.429. The summed E-state index contributed by atoms with van der Waals surface area (Å²) >= 11 is 0. The number of Topliss-reactive ketones (excluding diaryl/α,β-unsaturated/α-hetero) is 1. The Balaban J connectivity index is 1.96. The van der Waals surface area contributed by atoms with Crippen molar-refractivity contribution < 1.29 is 36.3 Å². The molecule has 1 N–H and O–H groups in total. The molecular weight excluding hydrogens is 437 g/mol. The molecule has 0 fully saturated rings. The standard InChI is InChI=1S/C21H22F5N3O3/c1-12(2)17(30)8-16-7-15(6-13(3)29-16)19(31)28-10-14-4-5-18(27-9-14)32-11-20(22,23)21(24,25)26/h4-7,9,12H,8,10-11H2,1-3H3,(H,28,31). The monoisotopic (exact) mass is 459 g/mol. The van der Waals surface area contributed by atoms with Gasteiger partial charge in [-0.25, -0.2) is 4.98 Å². The minimum absolute atomic E-state index is 0.00385. The number of amides is 1. The Hall–Kier alpha value is -3.11. The number of pyridine rings is 2. The van der Waals surface area contributed by atoms with Crippen LogP contribution in [0.2, 0.25) is 0 Å². The Morgan fingerprint density at radius 1 is 1.12 bits per heavy atom. The first-order valence-electron chi connectivity index (χ1n) is 9.59. The first-order chi connectivity index (χ1) is 14.8. The van der Waals surface area contributed by atoms with Crippen molar-refractivity contribution in [3.63, 3.8) is 0 Å². The highest BCUT2D eigenvalue weighted by Crippen LogP contribution is 2.35. The van der Waals surface area contributed by atoms with Crippen molar-refractivity contribution in [2.45, 2.75) is 45.8 Å². The molecule has 1 amide bonds. The largest absolute Gasteiger partial charge is 0.471 e. The average molecular weight is 459 g/mol. The number of carbonyl (C=O) groups is 2. The van der Waals surface area contributed by atoms with Crippen molar-refractivity contribution >= 4 is 11.7 Å². The van der Waals surface area contributed by atoms with E-state index in [-0.39, 0.29) is 24.7 Å². The Morgan fingerprint density at radius 3 is 2.38 bits per heavy atom.